The Kier molecular flexibility index (Phi) is 6.96. The second kappa shape index (κ2) is 7.96. The first-order valence-electron chi connectivity index (χ1n) is 6.28. The molecule has 4 heteroatoms. The number of hydrogen-bond donors (Lipinski definition) is 1. The standard InChI is InChI=1S/C14H23IN2O/c1-11(2)9-17(6-7-18-3)10-12-4-5-14(16)13(15)8-12/h4-5,8,11H,6-7,9-10,16H2,1-3H3. The lowest BCUT2D eigenvalue weighted by atomic mass is 10.1. The topological polar surface area (TPSA) is 38.5 Å². The summed E-state index contributed by atoms with van der Waals surface area (Å²) in [6.45, 7) is 8.27. The molecule has 3 nitrogen and oxygen atoms in total. The summed E-state index contributed by atoms with van der Waals surface area (Å²) < 4.78 is 6.30. The summed E-state index contributed by atoms with van der Waals surface area (Å²) in [6, 6.07) is 6.26. The SMILES string of the molecule is COCCN(Cc1ccc(N)c(I)c1)CC(C)C. The quantitative estimate of drug-likeness (QED) is 0.599. The van der Waals surface area contributed by atoms with Gasteiger partial charge >= 0.3 is 0 Å². The molecular formula is C14H23IN2O. The van der Waals surface area contributed by atoms with Crippen LogP contribution in [0.15, 0.2) is 18.2 Å². The molecule has 0 saturated carbocycles. The molecule has 0 spiro atoms. The average molecular weight is 362 g/mol. The molecule has 0 bridgehead atoms. The second-order valence-electron chi connectivity index (χ2n) is 4.98. The number of hydrogen-bond acceptors (Lipinski definition) is 3. The fourth-order valence-corrected chi connectivity index (χ4v) is 2.48. The van der Waals surface area contributed by atoms with Crippen LogP contribution in [0.4, 0.5) is 5.69 Å². The van der Waals surface area contributed by atoms with Gasteiger partial charge in [0.05, 0.1) is 6.61 Å². The Hall–Kier alpha value is -0.330. The van der Waals surface area contributed by atoms with Crippen LogP contribution < -0.4 is 5.73 Å². The highest BCUT2D eigenvalue weighted by atomic mass is 127. The molecule has 1 aromatic carbocycles. The molecule has 0 aliphatic heterocycles. The van der Waals surface area contributed by atoms with Gasteiger partial charge in [0.25, 0.3) is 0 Å². The summed E-state index contributed by atoms with van der Waals surface area (Å²) in [5.41, 5.74) is 8.00. The van der Waals surface area contributed by atoms with Gasteiger partial charge < -0.3 is 10.5 Å². The molecule has 0 amide bonds. The number of rotatable bonds is 7. The third-order valence-corrected chi connectivity index (χ3v) is 3.64. The Morgan fingerprint density at radius 1 is 1.39 bits per heavy atom. The molecule has 0 radical (unpaired) electrons. The van der Waals surface area contributed by atoms with Gasteiger partial charge in [-0.15, -0.1) is 0 Å². The highest BCUT2D eigenvalue weighted by Crippen LogP contribution is 2.17. The Morgan fingerprint density at radius 2 is 2.11 bits per heavy atom. The maximum Gasteiger partial charge on any atom is 0.0589 e. The Balaban J connectivity index is 2.65. The average Bonchev–Trinajstić information content (AvgIpc) is 2.30. The number of ether oxygens (including phenoxy) is 1. The summed E-state index contributed by atoms with van der Waals surface area (Å²) in [6.07, 6.45) is 0. The molecule has 1 aromatic rings. The highest BCUT2D eigenvalue weighted by Gasteiger charge is 2.09. The van der Waals surface area contributed by atoms with Crippen molar-refractivity contribution in [1.29, 1.82) is 0 Å². The van der Waals surface area contributed by atoms with Crippen LogP contribution in [0.2, 0.25) is 0 Å². The molecule has 0 unspecified atom stereocenters. The molecule has 0 saturated heterocycles. The van der Waals surface area contributed by atoms with E-state index in [4.69, 9.17) is 10.5 Å². The van der Waals surface area contributed by atoms with E-state index in [1.165, 1.54) is 5.56 Å². The van der Waals surface area contributed by atoms with Crippen molar-refractivity contribution in [2.45, 2.75) is 20.4 Å². The number of nitrogen functional groups attached to an aromatic ring is 1. The van der Waals surface area contributed by atoms with E-state index in [2.05, 4.69) is 53.5 Å². The largest absolute Gasteiger partial charge is 0.398 e. The van der Waals surface area contributed by atoms with E-state index in [9.17, 15) is 0 Å². The van der Waals surface area contributed by atoms with Crippen LogP contribution in [0.3, 0.4) is 0 Å². The monoisotopic (exact) mass is 362 g/mol. The van der Waals surface area contributed by atoms with Crippen molar-refractivity contribution >= 4 is 28.3 Å². The maximum atomic E-state index is 5.84. The summed E-state index contributed by atoms with van der Waals surface area (Å²) in [5, 5.41) is 0. The van der Waals surface area contributed by atoms with E-state index < -0.39 is 0 Å². The van der Waals surface area contributed by atoms with Gasteiger partial charge in [0.15, 0.2) is 0 Å². The van der Waals surface area contributed by atoms with E-state index in [1.807, 2.05) is 6.07 Å². The lowest BCUT2D eigenvalue weighted by Gasteiger charge is -2.24. The molecule has 102 valence electrons. The summed E-state index contributed by atoms with van der Waals surface area (Å²) in [5.74, 6) is 0.662. The lowest BCUT2D eigenvalue weighted by Crippen LogP contribution is -2.30. The zero-order valence-electron chi connectivity index (χ0n) is 11.4. The Labute approximate surface area is 124 Å². The maximum absolute atomic E-state index is 5.84. The molecular weight excluding hydrogens is 339 g/mol. The Morgan fingerprint density at radius 3 is 2.67 bits per heavy atom. The van der Waals surface area contributed by atoms with Crippen LogP contribution in [0.5, 0.6) is 0 Å². The number of halogens is 1. The minimum atomic E-state index is 0.662. The van der Waals surface area contributed by atoms with E-state index in [0.29, 0.717) is 5.92 Å². The fourth-order valence-electron chi connectivity index (χ4n) is 1.90. The van der Waals surface area contributed by atoms with E-state index in [-0.39, 0.29) is 0 Å². The van der Waals surface area contributed by atoms with Crippen LogP contribution in [0.1, 0.15) is 19.4 Å². The summed E-state index contributed by atoms with van der Waals surface area (Å²) in [7, 11) is 1.75. The van der Waals surface area contributed by atoms with Crippen LogP contribution >= 0.6 is 22.6 Å². The predicted molar refractivity (Wildman–Crippen MR) is 85.6 cm³/mol. The molecule has 0 aliphatic carbocycles. The van der Waals surface area contributed by atoms with Crippen LogP contribution in [-0.2, 0) is 11.3 Å². The first-order chi connectivity index (χ1) is 8.52. The summed E-state index contributed by atoms with van der Waals surface area (Å²) >= 11 is 2.28. The molecule has 0 fully saturated rings. The van der Waals surface area contributed by atoms with Gasteiger partial charge in [0, 0.05) is 36.0 Å². The second-order valence-corrected chi connectivity index (χ2v) is 6.14. The smallest absolute Gasteiger partial charge is 0.0589 e. The van der Waals surface area contributed by atoms with Crippen LogP contribution in [0, 0.1) is 9.49 Å². The zero-order valence-corrected chi connectivity index (χ0v) is 13.6. The van der Waals surface area contributed by atoms with E-state index in [0.717, 1.165) is 35.5 Å². The minimum Gasteiger partial charge on any atom is -0.398 e. The van der Waals surface area contributed by atoms with Crippen LogP contribution in [-0.4, -0.2) is 31.7 Å². The van der Waals surface area contributed by atoms with Gasteiger partial charge in [-0.3, -0.25) is 4.90 Å². The highest BCUT2D eigenvalue weighted by molar-refractivity contribution is 14.1. The van der Waals surface area contributed by atoms with Gasteiger partial charge in [-0.1, -0.05) is 19.9 Å². The van der Waals surface area contributed by atoms with E-state index in [1.54, 1.807) is 7.11 Å². The van der Waals surface area contributed by atoms with Crippen molar-refractivity contribution in [2.75, 3.05) is 32.5 Å². The van der Waals surface area contributed by atoms with Crippen LogP contribution in [0.25, 0.3) is 0 Å². The van der Waals surface area contributed by atoms with Crippen molar-refractivity contribution in [3.05, 3.63) is 27.3 Å². The summed E-state index contributed by atoms with van der Waals surface area (Å²) in [4.78, 5) is 2.43. The van der Waals surface area contributed by atoms with Gasteiger partial charge in [-0.05, 0) is 46.2 Å². The van der Waals surface area contributed by atoms with Gasteiger partial charge in [-0.2, -0.15) is 0 Å². The molecule has 2 N–H and O–H groups in total. The molecule has 1 rings (SSSR count). The number of anilines is 1. The van der Waals surface area contributed by atoms with Crippen molar-refractivity contribution < 1.29 is 4.74 Å². The van der Waals surface area contributed by atoms with Crippen molar-refractivity contribution in [3.8, 4) is 0 Å². The molecule has 0 atom stereocenters. The van der Waals surface area contributed by atoms with Gasteiger partial charge in [-0.25, -0.2) is 0 Å². The van der Waals surface area contributed by atoms with E-state index >= 15 is 0 Å². The Bertz CT molecular complexity index is 369. The number of nitrogens with two attached hydrogens (primary N) is 1. The zero-order chi connectivity index (χ0) is 13.5. The van der Waals surface area contributed by atoms with Crippen molar-refractivity contribution in [3.63, 3.8) is 0 Å². The molecule has 0 aliphatic rings. The third-order valence-electron chi connectivity index (χ3n) is 2.71. The molecule has 18 heavy (non-hydrogen) atoms. The van der Waals surface area contributed by atoms with Crippen molar-refractivity contribution in [1.82, 2.24) is 4.90 Å². The lowest BCUT2D eigenvalue weighted by molar-refractivity contribution is 0.136. The first-order valence-corrected chi connectivity index (χ1v) is 7.36. The third kappa shape index (κ3) is 5.54. The molecule has 0 heterocycles. The number of methoxy groups -OCH3 is 1. The molecule has 0 aromatic heterocycles. The van der Waals surface area contributed by atoms with Gasteiger partial charge in [0.2, 0.25) is 0 Å². The normalized spacial score (nSPS) is 11.4. The first kappa shape index (κ1) is 15.7. The minimum absolute atomic E-state index is 0.662. The number of benzene rings is 1. The van der Waals surface area contributed by atoms with Crippen molar-refractivity contribution in [2.24, 2.45) is 5.92 Å². The fraction of sp³-hybridized carbons (Fsp3) is 0.571. The van der Waals surface area contributed by atoms with Gasteiger partial charge in [0.1, 0.15) is 0 Å². The predicted octanol–water partition coefficient (Wildman–Crippen LogP) is 2.98. The number of nitrogens with zero attached hydrogens (tertiary/aromatic N) is 1.